The van der Waals surface area contributed by atoms with Gasteiger partial charge in [0.05, 0.1) is 24.1 Å². The van der Waals surface area contributed by atoms with Gasteiger partial charge in [0.15, 0.2) is 12.3 Å². The van der Waals surface area contributed by atoms with Crippen molar-refractivity contribution < 1.29 is 23.9 Å². The highest BCUT2D eigenvalue weighted by Gasteiger charge is 2.27. The predicted molar refractivity (Wildman–Crippen MR) is 103 cm³/mol. The number of nitrogens with one attached hydrogen (secondary N) is 1. The van der Waals surface area contributed by atoms with Crippen LogP contribution in [0, 0.1) is 6.92 Å². The number of fused-ring (bicyclic) bond motifs is 1. The van der Waals surface area contributed by atoms with E-state index in [1.54, 1.807) is 13.8 Å². The van der Waals surface area contributed by atoms with E-state index in [4.69, 9.17) is 9.47 Å². The first kappa shape index (κ1) is 19.9. The Hall–Kier alpha value is -2.81. The number of aromatic nitrogens is 2. The Balaban J connectivity index is 1.68. The minimum atomic E-state index is -0.737. The summed E-state index contributed by atoms with van der Waals surface area (Å²) in [5, 5.41) is 3.13. The molecular formula is C19H21N3O5S. The van der Waals surface area contributed by atoms with Crippen LogP contribution >= 0.6 is 11.3 Å². The van der Waals surface area contributed by atoms with Crippen LogP contribution in [-0.4, -0.2) is 41.0 Å². The molecule has 0 unspecified atom stereocenters. The fourth-order valence-corrected chi connectivity index (χ4v) is 4.23. The lowest BCUT2D eigenvalue weighted by atomic mass is 9.95. The first-order valence-corrected chi connectivity index (χ1v) is 9.88. The summed E-state index contributed by atoms with van der Waals surface area (Å²) in [6.07, 6.45) is 6.46. The molecule has 0 spiro atoms. The molecule has 8 nitrogen and oxygen atoms in total. The monoisotopic (exact) mass is 403 g/mol. The molecule has 3 rings (SSSR count). The van der Waals surface area contributed by atoms with Gasteiger partial charge in [-0.1, -0.05) is 0 Å². The lowest BCUT2D eigenvalue weighted by Gasteiger charge is -2.12. The zero-order valence-corrected chi connectivity index (χ0v) is 16.6. The Bertz CT molecular complexity index is 892. The normalized spacial score (nSPS) is 12.8. The van der Waals surface area contributed by atoms with Gasteiger partial charge in [0.25, 0.3) is 5.91 Å². The van der Waals surface area contributed by atoms with E-state index < -0.39 is 24.5 Å². The number of carbonyl (C=O) groups excluding carboxylic acids is 3. The Morgan fingerprint density at radius 2 is 1.89 bits per heavy atom. The maximum absolute atomic E-state index is 12.4. The van der Waals surface area contributed by atoms with Crippen LogP contribution in [0.5, 0.6) is 0 Å². The first-order chi connectivity index (χ1) is 13.5. The van der Waals surface area contributed by atoms with Crippen LogP contribution in [0.3, 0.4) is 0 Å². The van der Waals surface area contributed by atoms with Crippen LogP contribution in [-0.2, 0) is 27.1 Å². The van der Waals surface area contributed by atoms with Crippen molar-refractivity contribution in [1.82, 2.24) is 9.97 Å². The summed E-state index contributed by atoms with van der Waals surface area (Å²) in [5.74, 6) is -1.71. The minimum absolute atomic E-state index is 0.0252. The Kier molecular flexibility index (Phi) is 6.35. The maximum Gasteiger partial charge on any atom is 0.359 e. The smallest absolute Gasteiger partial charge is 0.359 e. The van der Waals surface area contributed by atoms with E-state index in [9.17, 15) is 14.4 Å². The van der Waals surface area contributed by atoms with E-state index in [2.05, 4.69) is 15.3 Å². The molecule has 148 valence electrons. The average Bonchev–Trinajstić information content (AvgIpc) is 3.04. The van der Waals surface area contributed by atoms with Crippen molar-refractivity contribution in [2.24, 2.45) is 0 Å². The summed E-state index contributed by atoms with van der Waals surface area (Å²) in [6, 6.07) is 0. The van der Waals surface area contributed by atoms with Gasteiger partial charge < -0.3 is 14.8 Å². The van der Waals surface area contributed by atoms with Crippen molar-refractivity contribution >= 4 is 34.2 Å². The molecule has 0 aromatic carbocycles. The summed E-state index contributed by atoms with van der Waals surface area (Å²) < 4.78 is 10.1. The SMILES string of the molecule is CCOC(=O)c1c(NC(=O)COC(=O)c2cnc(C)cn2)sc2c1CCCC2. The quantitative estimate of drug-likeness (QED) is 0.739. The number of carbonyl (C=O) groups is 3. The third kappa shape index (κ3) is 4.53. The molecule has 0 saturated carbocycles. The fourth-order valence-electron chi connectivity index (χ4n) is 2.94. The molecule has 0 saturated heterocycles. The lowest BCUT2D eigenvalue weighted by molar-refractivity contribution is -0.119. The van der Waals surface area contributed by atoms with E-state index in [0.717, 1.165) is 36.1 Å². The molecule has 2 heterocycles. The van der Waals surface area contributed by atoms with Crippen LogP contribution < -0.4 is 5.32 Å². The number of aryl methyl sites for hydroxylation is 2. The first-order valence-electron chi connectivity index (χ1n) is 9.06. The van der Waals surface area contributed by atoms with Gasteiger partial charge in [-0.3, -0.25) is 9.78 Å². The van der Waals surface area contributed by atoms with Gasteiger partial charge >= 0.3 is 11.9 Å². The molecule has 0 fully saturated rings. The molecule has 9 heteroatoms. The van der Waals surface area contributed by atoms with E-state index in [0.29, 0.717) is 16.3 Å². The Labute approximate surface area is 166 Å². The van der Waals surface area contributed by atoms with Crippen LogP contribution in [0.1, 0.15) is 56.7 Å². The molecule has 2 aromatic rings. The van der Waals surface area contributed by atoms with Gasteiger partial charge in [0.2, 0.25) is 0 Å². The third-order valence-corrected chi connectivity index (χ3v) is 5.44. The molecule has 28 heavy (non-hydrogen) atoms. The number of rotatable bonds is 6. The number of hydrogen-bond donors (Lipinski definition) is 1. The topological polar surface area (TPSA) is 107 Å². The van der Waals surface area contributed by atoms with E-state index >= 15 is 0 Å². The second kappa shape index (κ2) is 8.92. The molecule has 0 aliphatic heterocycles. The highest BCUT2D eigenvalue weighted by molar-refractivity contribution is 7.17. The number of esters is 2. The highest BCUT2D eigenvalue weighted by atomic mass is 32.1. The summed E-state index contributed by atoms with van der Waals surface area (Å²) in [6.45, 7) is 3.25. The summed E-state index contributed by atoms with van der Waals surface area (Å²) in [5.41, 5.74) is 2.07. The fraction of sp³-hybridized carbons (Fsp3) is 0.421. The molecule has 1 amide bonds. The lowest BCUT2D eigenvalue weighted by Crippen LogP contribution is -2.22. The molecule has 1 aliphatic rings. The van der Waals surface area contributed by atoms with Gasteiger partial charge in [-0.25, -0.2) is 14.6 Å². The average molecular weight is 403 g/mol. The van der Waals surface area contributed by atoms with Crippen molar-refractivity contribution in [2.75, 3.05) is 18.5 Å². The number of anilines is 1. The zero-order chi connectivity index (χ0) is 20.1. The van der Waals surface area contributed by atoms with Gasteiger partial charge in [-0.2, -0.15) is 0 Å². The van der Waals surface area contributed by atoms with Crippen LogP contribution in [0.25, 0.3) is 0 Å². The molecule has 0 atom stereocenters. The minimum Gasteiger partial charge on any atom is -0.462 e. The molecule has 1 aliphatic carbocycles. The van der Waals surface area contributed by atoms with Gasteiger partial charge in [-0.15, -0.1) is 11.3 Å². The second-order valence-corrected chi connectivity index (χ2v) is 7.41. The van der Waals surface area contributed by atoms with Crippen LogP contribution in [0.4, 0.5) is 5.00 Å². The van der Waals surface area contributed by atoms with Crippen molar-refractivity contribution in [1.29, 1.82) is 0 Å². The van der Waals surface area contributed by atoms with E-state index in [1.807, 2.05) is 0 Å². The van der Waals surface area contributed by atoms with E-state index in [-0.39, 0.29) is 12.3 Å². The third-order valence-electron chi connectivity index (χ3n) is 4.23. The molecular weight excluding hydrogens is 382 g/mol. The largest absolute Gasteiger partial charge is 0.462 e. The van der Waals surface area contributed by atoms with Crippen molar-refractivity contribution in [3.63, 3.8) is 0 Å². The Morgan fingerprint density at radius 3 is 2.61 bits per heavy atom. The summed E-state index contributed by atoms with van der Waals surface area (Å²) in [4.78, 5) is 45.6. The van der Waals surface area contributed by atoms with Crippen molar-refractivity contribution in [3.8, 4) is 0 Å². The van der Waals surface area contributed by atoms with E-state index in [1.165, 1.54) is 23.7 Å². The standard InChI is InChI=1S/C19H21N3O5S/c1-3-26-19(25)16-12-6-4-5-7-14(12)28-17(16)22-15(23)10-27-18(24)13-9-20-11(2)8-21-13/h8-9H,3-7,10H2,1-2H3,(H,22,23). The van der Waals surface area contributed by atoms with Gasteiger partial charge in [0.1, 0.15) is 5.00 Å². The molecule has 1 N–H and O–H groups in total. The van der Waals surface area contributed by atoms with Crippen LogP contribution in [0.2, 0.25) is 0 Å². The zero-order valence-electron chi connectivity index (χ0n) is 15.7. The van der Waals surface area contributed by atoms with Gasteiger partial charge in [-0.05, 0) is 45.1 Å². The number of ether oxygens (including phenoxy) is 2. The molecule has 2 aromatic heterocycles. The Morgan fingerprint density at radius 1 is 1.11 bits per heavy atom. The van der Waals surface area contributed by atoms with Crippen molar-refractivity contribution in [3.05, 3.63) is 39.8 Å². The van der Waals surface area contributed by atoms with Crippen molar-refractivity contribution in [2.45, 2.75) is 39.5 Å². The molecule has 0 bridgehead atoms. The highest BCUT2D eigenvalue weighted by Crippen LogP contribution is 2.38. The second-order valence-electron chi connectivity index (χ2n) is 6.30. The number of hydrogen-bond acceptors (Lipinski definition) is 8. The maximum atomic E-state index is 12.4. The van der Waals surface area contributed by atoms with Gasteiger partial charge in [0, 0.05) is 11.1 Å². The number of thiophene rings is 1. The predicted octanol–water partition coefficient (Wildman–Crippen LogP) is 2.70. The summed E-state index contributed by atoms with van der Waals surface area (Å²) >= 11 is 1.38. The van der Waals surface area contributed by atoms with Crippen LogP contribution in [0.15, 0.2) is 12.4 Å². The number of amides is 1. The number of nitrogens with zero attached hydrogens (tertiary/aromatic N) is 2. The summed E-state index contributed by atoms with van der Waals surface area (Å²) in [7, 11) is 0. The molecule has 0 radical (unpaired) electrons.